The molecule has 0 fully saturated rings. The minimum absolute atomic E-state index is 0.0270. The highest BCUT2D eigenvalue weighted by Gasteiger charge is 2.20. The average molecular weight is 406 g/mol. The van der Waals surface area contributed by atoms with Gasteiger partial charge in [-0.1, -0.05) is 11.6 Å². The van der Waals surface area contributed by atoms with Gasteiger partial charge in [-0.15, -0.1) is 0 Å². The van der Waals surface area contributed by atoms with Crippen LogP contribution in [0.3, 0.4) is 0 Å². The normalized spacial score (nSPS) is 12.9. The maximum atomic E-state index is 12.2. The van der Waals surface area contributed by atoms with E-state index in [0.29, 0.717) is 4.90 Å². The Morgan fingerprint density at radius 1 is 1.19 bits per heavy atom. The molecule has 0 aliphatic carbocycles. The summed E-state index contributed by atoms with van der Waals surface area (Å²) in [6.45, 7) is 3.90. The van der Waals surface area contributed by atoms with Crippen LogP contribution < -0.4 is 15.5 Å². The fraction of sp³-hybridized carbons (Fsp3) is 0.500. The first-order valence-electron chi connectivity index (χ1n) is 8.06. The van der Waals surface area contributed by atoms with E-state index >= 15 is 0 Å². The van der Waals surface area contributed by atoms with Gasteiger partial charge in [0.2, 0.25) is 10.0 Å². The van der Waals surface area contributed by atoms with Crippen molar-refractivity contribution in [2.75, 3.05) is 39.5 Å². The smallest absolute Gasteiger partial charge is 0.279 e. The topological polar surface area (TPSA) is 100 Å². The molecule has 26 heavy (non-hydrogen) atoms. The molecule has 2 amide bonds. The SMILES string of the molecule is CC(C)NC(=O)C[NH+](C)CC(=O)Nc1cc(S(=O)(=O)N(C)C)ccc1Cl. The molecule has 0 radical (unpaired) electrons. The number of quaternary nitrogens is 1. The van der Waals surface area contributed by atoms with Gasteiger partial charge in [-0.25, -0.2) is 12.7 Å². The number of carbonyl (C=O) groups is 2. The molecule has 0 aliphatic rings. The van der Waals surface area contributed by atoms with Crippen molar-refractivity contribution in [1.82, 2.24) is 9.62 Å². The van der Waals surface area contributed by atoms with E-state index in [9.17, 15) is 18.0 Å². The number of hydrogen-bond acceptors (Lipinski definition) is 4. The van der Waals surface area contributed by atoms with Gasteiger partial charge >= 0.3 is 0 Å². The number of likely N-dealkylation sites (N-methyl/N-ethyl adjacent to an activating group) is 1. The number of anilines is 1. The Balaban J connectivity index is 2.79. The van der Waals surface area contributed by atoms with Gasteiger partial charge in [-0.2, -0.15) is 0 Å². The van der Waals surface area contributed by atoms with Gasteiger partial charge in [0.15, 0.2) is 13.1 Å². The summed E-state index contributed by atoms with van der Waals surface area (Å²) in [6.07, 6.45) is 0. The standard InChI is InChI=1S/C16H25ClN4O4S/c1-11(2)18-15(22)9-21(5)10-16(23)19-14-8-12(6-7-13(14)17)26(24,25)20(3)4/h6-8,11H,9-10H2,1-5H3,(H,18,22)(H,19,23)/p+1. The van der Waals surface area contributed by atoms with E-state index in [1.54, 1.807) is 7.05 Å². The van der Waals surface area contributed by atoms with E-state index in [1.807, 2.05) is 13.8 Å². The predicted molar refractivity (Wildman–Crippen MR) is 101 cm³/mol. The summed E-state index contributed by atoms with van der Waals surface area (Å²) in [5.41, 5.74) is 0.207. The van der Waals surface area contributed by atoms with Crippen LogP contribution in [0.25, 0.3) is 0 Å². The Kier molecular flexibility index (Phi) is 8.01. The van der Waals surface area contributed by atoms with E-state index in [2.05, 4.69) is 10.6 Å². The molecular weight excluding hydrogens is 380 g/mol. The van der Waals surface area contributed by atoms with Crippen LogP contribution in [0.4, 0.5) is 5.69 Å². The summed E-state index contributed by atoms with van der Waals surface area (Å²) in [5.74, 6) is -0.524. The molecule has 1 unspecified atom stereocenters. The molecule has 3 N–H and O–H groups in total. The van der Waals surface area contributed by atoms with E-state index in [0.717, 1.165) is 4.31 Å². The van der Waals surface area contributed by atoms with Crippen LogP contribution in [-0.4, -0.2) is 64.8 Å². The predicted octanol–water partition coefficient (Wildman–Crippen LogP) is -0.432. The molecule has 0 bridgehead atoms. The number of nitrogens with zero attached hydrogens (tertiary/aromatic N) is 1. The van der Waals surface area contributed by atoms with Crippen LogP contribution in [0.5, 0.6) is 0 Å². The van der Waals surface area contributed by atoms with Gasteiger partial charge < -0.3 is 15.5 Å². The maximum absolute atomic E-state index is 12.2. The van der Waals surface area contributed by atoms with Gasteiger partial charge in [-0.3, -0.25) is 9.59 Å². The zero-order valence-corrected chi connectivity index (χ0v) is 17.2. The van der Waals surface area contributed by atoms with Crippen molar-refractivity contribution in [3.63, 3.8) is 0 Å². The Morgan fingerprint density at radius 3 is 2.31 bits per heavy atom. The molecule has 1 atom stereocenters. The minimum atomic E-state index is -3.64. The van der Waals surface area contributed by atoms with Crippen LogP contribution in [-0.2, 0) is 19.6 Å². The summed E-state index contributed by atoms with van der Waals surface area (Å²) in [7, 11) is 0.918. The number of benzene rings is 1. The second-order valence-electron chi connectivity index (χ2n) is 6.51. The van der Waals surface area contributed by atoms with Crippen LogP contribution in [0.15, 0.2) is 23.1 Å². The first kappa shape index (κ1) is 22.4. The van der Waals surface area contributed by atoms with Gasteiger partial charge in [0, 0.05) is 20.1 Å². The van der Waals surface area contributed by atoms with Crippen LogP contribution in [0.1, 0.15) is 13.8 Å². The zero-order chi connectivity index (χ0) is 20.1. The molecule has 10 heteroatoms. The fourth-order valence-electron chi connectivity index (χ4n) is 2.15. The first-order chi connectivity index (χ1) is 11.9. The summed E-state index contributed by atoms with van der Waals surface area (Å²) < 4.78 is 25.5. The van der Waals surface area contributed by atoms with Gasteiger partial charge in [0.25, 0.3) is 11.8 Å². The van der Waals surface area contributed by atoms with Gasteiger partial charge in [0.05, 0.1) is 22.7 Å². The molecule has 0 spiro atoms. The zero-order valence-electron chi connectivity index (χ0n) is 15.6. The number of carbonyl (C=O) groups excluding carboxylic acids is 2. The Hall–Kier alpha value is -1.68. The van der Waals surface area contributed by atoms with E-state index < -0.39 is 10.0 Å². The lowest BCUT2D eigenvalue weighted by atomic mass is 10.3. The number of amides is 2. The summed E-state index contributed by atoms with van der Waals surface area (Å²) in [6, 6.07) is 4.14. The molecule has 0 saturated carbocycles. The summed E-state index contributed by atoms with van der Waals surface area (Å²) in [5, 5.41) is 5.58. The highest BCUT2D eigenvalue weighted by Crippen LogP contribution is 2.26. The van der Waals surface area contributed by atoms with Crippen molar-refractivity contribution in [3.8, 4) is 0 Å². The number of hydrogen-bond donors (Lipinski definition) is 3. The molecule has 8 nitrogen and oxygen atoms in total. The molecule has 1 aromatic rings. The molecule has 0 aliphatic heterocycles. The third-order valence-corrected chi connectivity index (χ3v) is 5.51. The number of nitrogens with one attached hydrogen (secondary N) is 3. The molecule has 0 saturated heterocycles. The Morgan fingerprint density at radius 2 is 1.77 bits per heavy atom. The molecule has 1 aromatic carbocycles. The van der Waals surface area contributed by atoms with Crippen molar-refractivity contribution in [2.24, 2.45) is 0 Å². The van der Waals surface area contributed by atoms with Crippen molar-refractivity contribution in [1.29, 1.82) is 0 Å². The van der Waals surface area contributed by atoms with Crippen LogP contribution >= 0.6 is 11.6 Å². The third kappa shape index (κ3) is 6.56. The summed E-state index contributed by atoms with van der Waals surface area (Å²) in [4.78, 5) is 24.6. The second kappa shape index (κ2) is 9.31. The number of sulfonamides is 1. The quantitative estimate of drug-likeness (QED) is 0.546. The lowest BCUT2D eigenvalue weighted by Crippen LogP contribution is -3.11. The molecular formula is C16H26ClN4O4S+. The largest absolute Gasteiger partial charge is 0.349 e. The van der Waals surface area contributed by atoms with Crippen LogP contribution in [0.2, 0.25) is 5.02 Å². The molecule has 1 rings (SSSR count). The fourth-order valence-corrected chi connectivity index (χ4v) is 3.24. The Bertz CT molecular complexity index is 766. The molecule has 0 aromatic heterocycles. The van der Waals surface area contributed by atoms with Crippen molar-refractivity contribution >= 4 is 39.1 Å². The number of halogens is 1. The van der Waals surface area contributed by atoms with Crippen molar-refractivity contribution in [3.05, 3.63) is 23.2 Å². The van der Waals surface area contributed by atoms with Gasteiger partial charge in [0.1, 0.15) is 0 Å². The third-order valence-electron chi connectivity index (χ3n) is 3.36. The van der Waals surface area contributed by atoms with Crippen molar-refractivity contribution in [2.45, 2.75) is 24.8 Å². The monoisotopic (exact) mass is 405 g/mol. The maximum Gasteiger partial charge on any atom is 0.279 e. The highest BCUT2D eigenvalue weighted by atomic mass is 35.5. The minimum Gasteiger partial charge on any atom is -0.349 e. The first-order valence-corrected chi connectivity index (χ1v) is 9.88. The van der Waals surface area contributed by atoms with E-state index in [1.165, 1.54) is 32.3 Å². The number of rotatable bonds is 8. The molecule has 146 valence electrons. The van der Waals surface area contributed by atoms with E-state index in [-0.39, 0.29) is 46.6 Å². The molecule has 0 heterocycles. The van der Waals surface area contributed by atoms with Crippen molar-refractivity contribution < 1.29 is 22.9 Å². The van der Waals surface area contributed by atoms with Gasteiger partial charge in [-0.05, 0) is 32.0 Å². The van der Waals surface area contributed by atoms with Crippen LogP contribution in [0, 0.1) is 0 Å². The van der Waals surface area contributed by atoms with E-state index in [4.69, 9.17) is 11.6 Å². The lowest BCUT2D eigenvalue weighted by Gasteiger charge is -2.16. The highest BCUT2D eigenvalue weighted by molar-refractivity contribution is 7.89. The summed E-state index contributed by atoms with van der Waals surface area (Å²) >= 11 is 6.05. The average Bonchev–Trinajstić information content (AvgIpc) is 2.47. The lowest BCUT2D eigenvalue weighted by molar-refractivity contribution is -0.862. The second-order valence-corrected chi connectivity index (χ2v) is 9.07. The Labute approximate surface area is 159 Å².